The van der Waals surface area contributed by atoms with Gasteiger partial charge in [-0.2, -0.15) is 0 Å². The molecule has 0 saturated heterocycles. The summed E-state index contributed by atoms with van der Waals surface area (Å²) in [5.74, 6) is -1.12. The number of carbonyl (C=O) groups is 1. The number of hydrogen-bond donors (Lipinski definition) is 1. The summed E-state index contributed by atoms with van der Waals surface area (Å²) in [6.45, 7) is 2.22. The van der Waals surface area contributed by atoms with Gasteiger partial charge in [-0.25, -0.2) is 13.6 Å². The first-order valence-electron chi connectivity index (χ1n) is 9.64. The van der Waals surface area contributed by atoms with Crippen molar-refractivity contribution in [3.8, 4) is 5.75 Å². The third kappa shape index (κ3) is 5.73. The van der Waals surface area contributed by atoms with Gasteiger partial charge < -0.3 is 19.4 Å². The monoisotopic (exact) mass is 506 g/mol. The van der Waals surface area contributed by atoms with Crippen molar-refractivity contribution in [1.82, 2.24) is 9.88 Å². The van der Waals surface area contributed by atoms with E-state index >= 15 is 0 Å². The second kappa shape index (κ2) is 10.4. The van der Waals surface area contributed by atoms with E-state index in [0.717, 1.165) is 23.3 Å². The van der Waals surface area contributed by atoms with E-state index in [4.69, 9.17) is 4.74 Å². The predicted octanol–water partition coefficient (Wildman–Crippen LogP) is 4.68. The van der Waals surface area contributed by atoms with Crippen molar-refractivity contribution in [3.05, 3.63) is 97.4 Å². The maximum absolute atomic E-state index is 13.8. The molecule has 1 amide bonds. The molecular weight excluding hydrogens is 486 g/mol. The summed E-state index contributed by atoms with van der Waals surface area (Å²) in [5.41, 5.74) is 2.24. The molecule has 0 saturated carbocycles. The molecule has 1 heterocycles. The molecule has 0 bridgehead atoms. The second-order valence-corrected chi connectivity index (χ2v) is 7.84. The Morgan fingerprint density at radius 2 is 1.88 bits per heavy atom. The van der Waals surface area contributed by atoms with Gasteiger partial charge >= 0.3 is 6.09 Å². The Hall–Kier alpha value is -3.20. The molecule has 0 fully saturated rings. The molecule has 32 heavy (non-hydrogen) atoms. The van der Waals surface area contributed by atoms with Crippen LogP contribution in [-0.4, -0.2) is 17.8 Å². The Morgan fingerprint density at radius 1 is 1.12 bits per heavy atom. The molecule has 0 unspecified atom stereocenters. The number of nitrogens with one attached hydrogen (secondary N) is 1. The zero-order valence-corrected chi connectivity index (χ0v) is 19.0. The van der Waals surface area contributed by atoms with Crippen LogP contribution in [0.5, 0.6) is 5.75 Å². The fourth-order valence-corrected chi connectivity index (χ4v) is 3.52. The molecular formula is C23H21BrF2N2O4. The smallest absolute Gasteiger partial charge is 0.407 e. The van der Waals surface area contributed by atoms with Crippen molar-refractivity contribution >= 4 is 22.0 Å². The first kappa shape index (κ1) is 23.5. The number of ether oxygens (including phenoxy) is 2. The summed E-state index contributed by atoms with van der Waals surface area (Å²) in [4.78, 5) is 24.2. The van der Waals surface area contributed by atoms with Crippen LogP contribution in [0.15, 0.2) is 57.8 Å². The fraction of sp³-hybridized carbons (Fsp3) is 0.217. The Balaban J connectivity index is 1.77. The van der Waals surface area contributed by atoms with Crippen LogP contribution in [0.25, 0.3) is 0 Å². The summed E-state index contributed by atoms with van der Waals surface area (Å²) in [5, 5.41) is 2.61. The van der Waals surface area contributed by atoms with Gasteiger partial charge in [-0.05, 0) is 46.1 Å². The van der Waals surface area contributed by atoms with Gasteiger partial charge in [0, 0.05) is 29.9 Å². The van der Waals surface area contributed by atoms with Crippen LogP contribution < -0.4 is 15.6 Å². The molecule has 1 N–H and O–H groups in total. The van der Waals surface area contributed by atoms with Gasteiger partial charge in [0.1, 0.15) is 28.5 Å². The van der Waals surface area contributed by atoms with Gasteiger partial charge in [-0.3, -0.25) is 4.79 Å². The molecule has 3 aromatic rings. The van der Waals surface area contributed by atoms with Gasteiger partial charge in [-0.15, -0.1) is 0 Å². The van der Waals surface area contributed by atoms with E-state index in [1.165, 1.54) is 13.2 Å². The molecule has 168 valence electrons. The summed E-state index contributed by atoms with van der Waals surface area (Å²) < 4.78 is 38.9. The van der Waals surface area contributed by atoms with E-state index in [1.807, 2.05) is 24.3 Å². The van der Waals surface area contributed by atoms with Crippen LogP contribution in [0.2, 0.25) is 0 Å². The van der Waals surface area contributed by atoms with E-state index in [2.05, 4.69) is 26.0 Å². The van der Waals surface area contributed by atoms with Crippen molar-refractivity contribution in [3.63, 3.8) is 0 Å². The number of pyridine rings is 1. The summed E-state index contributed by atoms with van der Waals surface area (Å²) >= 11 is 3.27. The molecule has 3 rings (SSSR count). The van der Waals surface area contributed by atoms with Crippen molar-refractivity contribution < 1.29 is 23.0 Å². The van der Waals surface area contributed by atoms with Crippen LogP contribution >= 0.6 is 15.9 Å². The number of hydrogen-bond acceptors (Lipinski definition) is 4. The number of carbonyl (C=O) groups excluding carboxylic acids is 1. The lowest BCUT2D eigenvalue weighted by Crippen LogP contribution is -2.24. The number of halogens is 3. The van der Waals surface area contributed by atoms with Gasteiger partial charge in [0.05, 0.1) is 13.7 Å². The molecule has 9 heteroatoms. The van der Waals surface area contributed by atoms with Crippen molar-refractivity contribution in [2.75, 3.05) is 7.11 Å². The van der Waals surface area contributed by atoms with E-state index < -0.39 is 17.7 Å². The first-order valence-corrected chi connectivity index (χ1v) is 10.4. The van der Waals surface area contributed by atoms with Crippen LogP contribution in [0.3, 0.4) is 0 Å². The largest absolute Gasteiger partial charge is 0.487 e. The number of aromatic nitrogens is 1. The highest BCUT2D eigenvalue weighted by atomic mass is 79.9. The summed E-state index contributed by atoms with van der Waals surface area (Å²) in [7, 11) is 1.29. The number of rotatable bonds is 7. The maximum atomic E-state index is 13.8. The number of amides is 1. The molecule has 1 aromatic heterocycles. The molecule has 0 aliphatic rings. The number of alkyl carbamates (subject to hydrolysis) is 1. The molecule has 0 atom stereocenters. The van der Waals surface area contributed by atoms with E-state index in [-0.39, 0.29) is 28.0 Å². The van der Waals surface area contributed by atoms with E-state index in [0.29, 0.717) is 18.8 Å². The summed E-state index contributed by atoms with van der Waals surface area (Å²) in [6.07, 6.45) is -0.525. The molecule has 0 spiro atoms. The number of methoxy groups -OCH3 is 1. The lowest BCUT2D eigenvalue weighted by molar-refractivity contribution is 0.170. The lowest BCUT2D eigenvalue weighted by Gasteiger charge is -2.15. The highest BCUT2D eigenvalue weighted by Crippen LogP contribution is 2.24. The molecule has 0 aliphatic heterocycles. The predicted molar refractivity (Wildman–Crippen MR) is 119 cm³/mol. The zero-order chi connectivity index (χ0) is 23.3. The van der Waals surface area contributed by atoms with Crippen molar-refractivity contribution in [2.24, 2.45) is 0 Å². The molecule has 2 aromatic carbocycles. The molecule has 0 aliphatic carbocycles. The minimum absolute atomic E-state index is 0.150. The Labute approximate surface area is 191 Å². The average Bonchev–Trinajstić information content (AvgIpc) is 2.77. The third-order valence-electron chi connectivity index (χ3n) is 4.77. The second-order valence-electron chi connectivity index (χ2n) is 7.04. The topological polar surface area (TPSA) is 69.6 Å². The van der Waals surface area contributed by atoms with Gasteiger partial charge in [0.2, 0.25) is 0 Å². The normalized spacial score (nSPS) is 10.7. The zero-order valence-electron chi connectivity index (χ0n) is 17.5. The quantitative estimate of drug-likeness (QED) is 0.505. The summed E-state index contributed by atoms with van der Waals surface area (Å²) in [6, 6.07) is 12.4. The first-order chi connectivity index (χ1) is 15.3. The van der Waals surface area contributed by atoms with Crippen molar-refractivity contribution in [2.45, 2.75) is 26.6 Å². The van der Waals surface area contributed by atoms with Crippen LogP contribution in [0.1, 0.15) is 22.4 Å². The van der Waals surface area contributed by atoms with Crippen LogP contribution in [0.4, 0.5) is 13.6 Å². The lowest BCUT2D eigenvalue weighted by atomic mass is 10.1. The fourth-order valence-electron chi connectivity index (χ4n) is 3.08. The minimum Gasteiger partial charge on any atom is -0.487 e. The van der Waals surface area contributed by atoms with E-state index in [9.17, 15) is 18.4 Å². The van der Waals surface area contributed by atoms with Crippen molar-refractivity contribution in [1.29, 1.82) is 0 Å². The standard InChI is InChI=1S/C23H21BrF2N2O4/c1-14-8-20(32-13-17-6-7-18(25)10-19(17)26)21(24)22(29)28(14)12-16-5-3-4-15(9-16)11-27-23(30)31-2/h3-10H,11-13H2,1-2H3,(H,27,30). The maximum Gasteiger partial charge on any atom is 0.407 e. The Morgan fingerprint density at radius 3 is 2.59 bits per heavy atom. The number of aryl methyl sites for hydroxylation is 1. The van der Waals surface area contributed by atoms with Crippen LogP contribution in [0, 0.1) is 18.6 Å². The molecule has 6 nitrogen and oxygen atoms in total. The van der Waals surface area contributed by atoms with Gasteiger partial charge in [-0.1, -0.05) is 24.3 Å². The molecule has 0 radical (unpaired) electrons. The van der Waals surface area contributed by atoms with Gasteiger partial charge in [0.15, 0.2) is 0 Å². The SMILES string of the molecule is COC(=O)NCc1cccc(Cn2c(C)cc(OCc3ccc(F)cc3F)c(Br)c2=O)c1. The third-order valence-corrected chi connectivity index (χ3v) is 5.50. The number of nitrogens with zero attached hydrogens (tertiary/aromatic N) is 1. The highest BCUT2D eigenvalue weighted by Gasteiger charge is 2.14. The average molecular weight is 507 g/mol. The van der Waals surface area contributed by atoms with E-state index in [1.54, 1.807) is 17.6 Å². The Kier molecular flexibility index (Phi) is 7.63. The van der Waals surface area contributed by atoms with Gasteiger partial charge in [0.25, 0.3) is 5.56 Å². The Bertz CT molecular complexity index is 1200. The number of benzene rings is 2. The van der Waals surface area contributed by atoms with Crippen LogP contribution in [-0.2, 0) is 24.4 Å². The minimum atomic E-state index is -0.715. The highest BCUT2D eigenvalue weighted by molar-refractivity contribution is 9.10.